The molecule has 5 rings (SSSR count). The third-order valence-electron chi connectivity index (χ3n) is 12.2. The van der Waals surface area contributed by atoms with Crippen molar-refractivity contribution in [1.82, 2.24) is 15.0 Å². The molecule has 2 aromatic carbocycles. The summed E-state index contributed by atoms with van der Waals surface area (Å²) in [5.74, 6) is 2.55. The average molecular weight is 822 g/mol. The van der Waals surface area contributed by atoms with Gasteiger partial charge in [0.2, 0.25) is 0 Å². The van der Waals surface area contributed by atoms with E-state index in [4.69, 9.17) is 15.0 Å². The quantitative estimate of drug-likeness (QED) is 0.138. The van der Waals surface area contributed by atoms with Crippen LogP contribution in [0.15, 0.2) is 177 Å². The zero-order valence-electron chi connectivity index (χ0n) is 39.6. The summed E-state index contributed by atoms with van der Waals surface area (Å²) >= 11 is 0. The molecule has 1 atom stereocenters. The summed E-state index contributed by atoms with van der Waals surface area (Å²) in [4.78, 5) is 15.4. The number of rotatable bonds is 13. The van der Waals surface area contributed by atoms with Crippen LogP contribution in [0.25, 0.3) is 33.7 Å². The molecule has 0 saturated carbocycles. The van der Waals surface area contributed by atoms with E-state index in [1.165, 1.54) is 50.1 Å². The number of aliphatic hydroxyl groups excluding tert-OH is 1. The van der Waals surface area contributed by atoms with Gasteiger partial charge in [-0.2, -0.15) is 0 Å². The molecule has 0 bridgehead atoms. The fraction of sp³-hybridized carbons (Fsp3) is 0.293. The van der Waals surface area contributed by atoms with Crippen molar-refractivity contribution in [3.8, 4) is 11.4 Å². The Labute approximate surface area is 373 Å². The standard InChI is InChI=1S/C58H67N3O/c1-15-24-43(18-4)56-59-57(61-58(60-56)46-31-32-49(38(10)33-46)48(25-16-2)36(7)8)45-28-23-27-44(35-45)50(26-17-3)41(13)53(54(62)20-6)34-37(9)39(11)40(12)55-42(14)51-29-21-22-30-52(51)47(55)19-5/h15-19,21-30,33-35,42,62H,11,20,31-32H2,1-10,12-14H3/b24-15-,25-16-,26-17-,37-34+,43-18+,47-19-,50-41-,54-53-,55-40+/t42-/m1/s1. The van der Waals surface area contributed by atoms with E-state index in [1.54, 1.807) is 0 Å². The van der Waals surface area contributed by atoms with E-state index < -0.39 is 0 Å². The van der Waals surface area contributed by atoms with Crippen LogP contribution in [0.1, 0.15) is 144 Å². The van der Waals surface area contributed by atoms with Gasteiger partial charge in [0.05, 0.1) is 5.76 Å². The van der Waals surface area contributed by atoms with Crippen LogP contribution in [0.5, 0.6) is 0 Å². The minimum absolute atomic E-state index is 0.262. The molecule has 0 unspecified atom stereocenters. The second-order valence-corrected chi connectivity index (χ2v) is 16.5. The van der Waals surface area contributed by atoms with Crippen molar-refractivity contribution >= 4 is 22.3 Å². The van der Waals surface area contributed by atoms with E-state index in [2.05, 4.69) is 172 Å². The number of nitrogens with zero attached hydrogens (tertiary/aromatic N) is 3. The second kappa shape index (κ2) is 21.1. The molecule has 0 fully saturated rings. The summed E-state index contributed by atoms with van der Waals surface area (Å²) in [6.45, 7) is 32.1. The summed E-state index contributed by atoms with van der Waals surface area (Å²) < 4.78 is 0. The highest BCUT2D eigenvalue weighted by atomic mass is 16.3. The topological polar surface area (TPSA) is 58.9 Å². The van der Waals surface area contributed by atoms with Crippen LogP contribution in [0.3, 0.4) is 0 Å². The second-order valence-electron chi connectivity index (χ2n) is 16.5. The van der Waals surface area contributed by atoms with Crippen molar-refractivity contribution in [3.05, 3.63) is 206 Å². The SMILES string of the molecule is C=C(/C(C)=C/C(=C(/O)CC)C(/C)=C(/C=C\C)c1cccc(-c2nc(C3=CC(C)=C(C(/C=C\C)=C(C)C)CC3)nc(C(/C=C\C)=C/C)n2)c1)/C(C)=C1/C(=C\C)c2ccccc2[C@H]1C. The first-order valence-electron chi connectivity index (χ1n) is 22.2. The van der Waals surface area contributed by atoms with Crippen LogP contribution in [0.4, 0.5) is 0 Å². The number of aromatic nitrogens is 3. The smallest absolute Gasteiger partial charge is 0.164 e. The summed E-state index contributed by atoms with van der Waals surface area (Å²) in [6.07, 6.45) is 23.5. The third-order valence-corrected chi connectivity index (χ3v) is 12.2. The van der Waals surface area contributed by atoms with E-state index in [1.807, 2.05) is 33.8 Å². The molecule has 62 heavy (non-hydrogen) atoms. The van der Waals surface area contributed by atoms with Crippen molar-refractivity contribution in [1.29, 1.82) is 0 Å². The summed E-state index contributed by atoms with van der Waals surface area (Å²) in [7, 11) is 0. The molecule has 320 valence electrons. The summed E-state index contributed by atoms with van der Waals surface area (Å²) in [5.41, 5.74) is 20.3. The molecule has 0 aliphatic heterocycles. The van der Waals surface area contributed by atoms with Gasteiger partial charge >= 0.3 is 0 Å². The zero-order chi connectivity index (χ0) is 45.2. The van der Waals surface area contributed by atoms with Crippen molar-refractivity contribution in [3.63, 3.8) is 0 Å². The zero-order valence-corrected chi connectivity index (χ0v) is 39.6. The van der Waals surface area contributed by atoms with Crippen molar-refractivity contribution in [2.45, 2.75) is 115 Å². The number of hydrogen-bond donors (Lipinski definition) is 1. The first kappa shape index (κ1) is 46.9. The van der Waals surface area contributed by atoms with E-state index in [0.717, 1.165) is 63.0 Å². The maximum absolute atomic E-state index is 11.6. The molecule has 1 heterocycles. The van der Waals surface area contributed by atoms with Gasteiger partial charge in [-0.25, -0.2) is 15.0 Å². The molecule has 0 saturated heterocycles. The van der Waals surface area contributed by atoms with Gasteiger partial charge in [-0.15, -0.1) is 0 Å². The van der Waals surface area contributed by atoms with Gasteiger partial charge in [-0.05, 0) is 179 Å². The fourth-order valence-corrected chi connectivity index (χ4v) is 8.82. The number of aliphatic hydroxyl groups is 1. The molecule has 1 N–H and O–H groups in total. The molecule has 2 aliphatic rings. The number of fused-ring (bicyclic) bond motifs is 1. The number of benzene rings is 2. The van der Waals surface area contributed by atoms with Crippen LogP contribution in [-0.2, 0) is 0 Å². The molecular weight excluding hydrogens is 755 g/mol. The minimum Gasteiger partial charge on any atom is -0.512 e. The molecule has 0 amide bonds. The van der Waals surface area contributed by atoms with E-state index >= 15 is 0 Å². The van der Waals surface area contributed by atoms with Crippen LogP contribution in [0.2, 0.25) is 0 Å². The highest BCUT2D eigenvalue weighted by Crippen LogP contribution is 2.48. The van der Waals surface area contributed by atoms with E-state index in [-0.39, 0.29) is 5.92 Å². The van der Waals surface area contributed by atoms with Crippen LogP contribution in [0, 0.1) is 0 Å². The van der Waals surface area contributed by atoms with Gasteiger partial charge in [-0.1, -0.05) is 123 Å². The van der Waals surface area contributed by atoms with Crippen LogP contribution < -0.4 is 0 Å². The third kappa shape index (κ3) is 9.97. The Balaban J connectivity index is 1.63. The maximum Gasteiger partial charge on any atom is 0.164 e. The predicted molar refractivity (Wildman–Crippen MR) is 268 cm³/mol. The van der Waals surface area contributed by atoms with Gasteiger partial charge < -0.3 is 5.11 Å². The Morgan fingerprint density at radius 3 is 2.13 bits per heavy atom. The summed E-state index contributed by atoms with van der Waals surface area (Å²) in [6, 6.07) is 17.1. The highest BCUT2D eigenvalue weighted by molar-refractivity contribution is 5.89. The van der Waals surface area contributed by atoms with Crippen molar-refractivity contribution in [2.24, 2.45) is 0 Å². The van der Waals surface area contributed by atoms with Crippen LogP contribution in [-0.4, -0.2) is 20.1 Å². The lowest BCUT2D eigenvalue weighted by Crippen LogP contribution is -2.08. The van der Waals surface area contributed by atoms with Crippen LogP contribution >= 0.6 is 0 Å². The molecular formula is C58H67N3O. The highest BCUT2D eigenvalue weighted by Gasteiger charge is 2.30. The van der Waals surface area contributed by atoms with Gasteiger partial charge in [0, 0.05) is 29.0 Å². The number of allylic oxidation sites excluding steroid dienone is 25. The van der Waals surface area contributed by atoms with Gasteiger partial charge in [0.25, 0.3) is 0 Å². The maximum atomic E-state index is 11.6. The normalized spacial score (nSPS) is 18.4. The molecule has 3 aromatic rings. The molecule has 0 radical (unpaired) electrons. The predicted octanol–water partition coefficient (Wildman–Crippen LogP) is 16.5. The fourth-order valence-electron chi connectivity index (χ4n) is 8.82. The van der Waals surface area contributed by atoms with Gasteiger partial charge in [0.15, 0.2) is 17.5 Å². The Kier molecular flexibility index (Phi) is 16.0. The largest absolute Gasteiger partial charge is 0.512 e. The van der Waals surface area contributed by atoms with E-state index in [0.29, 0.717) is 29.7 Å². The average Bonchev–Trinajstić information content (AvgIpc) is 3.57. The Bertz CT molecular complexity index is 2630. The van der Waals surface area contributed by atoms with E-state index in [9.17, 15) is 5.11 Å². The molecule has 4 heteroatoms. The number of hydrogen-bond acceptors (Lipinski definition) is 4. The first-order chi connectivity index (χ1) is 29.7. The monoisotopic (exact) mass is 822 g/mol. The Morgan fingerprint density at radius 2 is 1.50 bits per heavy atom. The molecule has 4 nitrogen and oxygen atoms in total. The Morgan fingerprint density at radius 1 is 0.823 bits per heavy atom. The first-order valence-corrected chi connectivity index (χ1v) is 22.2. The molecule has 2 aliphatic carbocycles. The van der Waals surface area contributed by atoms with Crippen molar-refractivity contribution < 1.29 is 5.11 Å². The van der Waals surface area contributed by atoms with Gasteiger partial charge in [-0.3, -0.25) is 0 Å². The summed E-state index contributed by atoms with van der Waals surface area (Å²) in [5, 5.41) is 11.6. The molecule has 1 aromatic heterocycles. The van der Waals surface area contributed by atoms with Gasteiger partial charge in [0.1, 0.15) is 0 Å². The Hall–Kier alpha value is -6.13. The lowest BCUT2D eigenvalue weighted by Gasteiger charge is -2.20. The lowest BCUT2D eigenvalue weighted by molar-refractivity contribution is 0.390. The lowest BCUT2D eigenvalue weighted by atomic mass is 9.86. The molecule has 0 spiro atoms. The minimum atomic E-state index is 0.262. The van der Waals surface area contributed by atoms with Crippen molar-refractivity contribution in [2.75, 3.05) is 0 Å².